The molecule has 0 saturated carbocycles. The minimum absolute atomic E-state index is 0.0462. The number of hydrogen-bond donors (Lipinski definition) is 1. The highest BCUT2D eigenvalue weighted by atomic mass is 32.2. The molecule has 1 atom stereocenters. The van der Waals surface area contributed by atoms with Crippen molar-refractivity contribution in [3.05, 3.63) is 59.4 Å². The Bertz CT molecular complexity index is 982. The molecule has 164 valence electrons. The lowest BCUT2D eigenvalue weighted by molar-refractivity contribution is -0.155. The topological polar surface area (TPSA) is 81.7 Å². The smallest absolute Gasteiger partial charge is 0.307 e. The van der Waals surface area contributed by atoms with E-state index in [1.165, 1.54) is 37.4 Å². The molecule has 1 N–H and O–H groups in total. The molecular weight excluding hydrogens is 409 g/mol. The van der Waals surface area contributed by atoms with E-state index in [0.29, 0.717) is 5.56 Å². The molecule has 0 bridgehead atoms. The maximum absolute atomic E-state index is 13.7. The van der Waals surface area contributed by atoms with Crippen LogP contribution in [0.1, 0.15) is 38.3 Å². The van der Waals surface area contributed by atoms with Crippen LogP contribution in [-0.4, -0.2) is 33.1 Å². The number of hydrogen-bond acceptors (Lipinski definition) is 5. The summed E-state index contributed by atoms with van der Waals surface area (Å²) in [5.74, 6) is -1.01. The predicted octanol–water partition coefficient (Wildman–Crippen LogP) is 3.76. The second-order valence-electron chi connectivity index (χ2n) is 8.09. The lowest BCUT2D eigenvalue weighted by Crippen LogP contribution is -2.39. The van der Waals surface area contributed by atoms with Gasteiger partial charge in [-0.2, -0.15) is 0 Å². The zero-order valence-corrected chi connectivity index (χ0v) is 18.7. The maximum atomic E-state index is 13.7. The molecule has 0 radical (unpaired) electrons. The summed E-state index contributed by atoms with van der Waals surface area (Å²) in [4.78, 5) is 12.5. The minimum atomic E-state index is -3.87. The highest BCUT2D eigenvalue weighted by molar-refractivity contribution is 7.89. The summed E-state index contributed by atoms with van der Waals surface area (Å²) < 4.78 is 52.3. The van der Waals surface area contributed by atoms with E-state index < -0.39 is 33.5 Å². The third-order valence-corrected chi connectivity index (χ3v) is 5.72. The molecule has 8 heteroatoms. The van der Waals surface area contributed by atoms with Crippen LogP contribution in [0.2, 0.25) is 0 Å². The number of carbonyl (C=O) groups excluding carboxylic acids is 1. The molecule has 0 saturated heterocycles. The quantitative estimate of drug-likeness (QED) is 0.636. The van der Waals surface area contributed by atoms with Crippen molar-refractivity contribution in [2.45, 2.75) is 57.1 Å². The Morgan fingerprint density at radius 1 is 1.13 bits per heavy atom. The first kappa shape index (κ1) is 23.8. The number of rotatable bonds is 8. The fourth-order valence-corrected chi connectivity index (χ4v) is 4.10. The number of sulfonamides is 1. The summed E-state index contributed by atoms with van der Waals surface area (Å²) in [6, 6.07) is 9.86. The zero-order chi connectivity index (χ0) is 22.5. The first-order valence-corrected chi connectivity index (χ1v) is 11.0. The Kier molecular flexibility index (Phi) is 7.60. The largest absolute Gasteiger partial charge is 0.494 e. The van der Waals surface area contributed by atoms with E-state index >= 15 is 0 Å². The van der Waals surface area contributed by atoms with Gasteiger partial charge in [-0.1, -0.05) is 23.8 Å². The van der Waals surface area contributed by atoms with Crippen molar-refractivity contribution < 1.29 is 27.1 Å². The average molecular weight is 438 g/mol. The summed E-state index contributed by atoms with van der Waals surface area (Å²) in [6.07, 6.45) is -0.0248. The van der Waals surface area contributed by atoms with Crippen LogP contribution in [0.4, 0.5) is 4.39 Å². The van der Waals surface area contributed by atoms with Gasteiger partial charge < -0.3 is 9.47 Å². The normalized spacial score (nSPS) is 13.0. The second-order valence-corrected chi connectivity index (χ2v) is 9.81. The lowest BCUT2D eigenvalue weighted by atomic mass is 10.0. The van der Waals surface area contributed by atoms with Crippen LogP contribution >= 0.6 is 0 Å². The van der Waals surface area contributed by atoms with Gasteiger partial charge in [0.2, 0.25) is 10.0 Å². The summed E-state index contributed by atoms with van der Waals surface area (Å²) >= 11 is 0. The molecule has 0 aliphatic carbocycles. The van der Waals surface area contributed by atoms with Crippen LogP contribution in [0.3, 0.4) is 0 Å². The van der Waals surface area contributed by atoms with E-state index in [9.17, 15) is 17.6 Å². The Labute approximate surface area is 177 Å². The van der Waals surface area contributed by atoms with Crippen LogP contribution in [-0.2, 0) is 26.0 Å². The fraction of sp³-hybridized carbons (Fsp3) is 0.409. The molecule has 0 fully saturated rings. The van der Waals surface area contributed by atoms with Gasteiger partial charge in [0.25, 0.3) is 0 Å². The molecule has 2 aromatic rings. The molecule has 0 unspecified atom stereocenters. The van der Waals surface area contributed by atoms with Crippen molar-refractivity contribution >= 4 is 16.0 Å². The Morgan fingerprint density at radius 2 is 1.77 bits per heavy atom. The molecule has 0 aliphatic heterocycles. The summed E-state index contributed by atoms with van der Waals surface area (Å²) in [6.45, 7) is 7.07. The molecule has 2 aromatic carbocycles. The van der Waals surface area contributed by atoms with Crippen molar-refractivity contribution in [3.63, 3.8) is 0 Å². The van der Waals surface area contributed by atoms with Gasteiger partial charge in [-0.05, 0) is 63.9 Å². The van der Waals surface area contributed by atoms with Gasteiger partial charge in [-0.25, -0.2) is 17.5 Å². The maximum Gasteiger partial charge on any atom is 0.307 e. The van der Waals surface area contributed by atoms with Gasteiger partial charge in [-0.3, -0.25) is 4.79 Å². The van der Waals surface area contributed by atoms with Crippen molar-refractivity contribution in [1.82, 2.24) is 4.72 Å². The number of aryl methyl sites for hydroxylation is 1. The van der Waals surface area contributed by atoms with Crippen molar-refractivity contribution in [1.29, 1.82) is 0 Å². The average Bonchev–Trinajstić information content (AvgIpc) is 2.61. The zero-order valence-electron chi connectivity index (χ0n) is 17.9. The summed E-state index contributed by atoms with van der Waals surface area (Å²) in [5, 5.41) is 0. The first-order valence-electron chi connectivity index (χ1n) is 9.53. The summed E-state index contributed by atoms with van der Waals surface area (Å²) in [5.41, 5.74) is 0.849. The summed E-state index contributed by atoms with van der Waals surface area (Å²) in [7, 11) is -2.52. The van der Waals surface area contributed by atoms with Crippen LogP contribution in [0.25, 0.3) is 0 Å². The van der Waals surface area contributed by atoms with E-state index in [-0.39, 0.29) is 23.5 Å². The number of esters is 1. The van der Waals surface area contributed by atoms with Gasteiger partial charge in [0.1, 0.15) is 5.60 Å². The van der Waals surface area contributed by atoms with Crippen LogP contribution in [0.5, 0.6) is 5.75 Å². The second kappa shape index (κ2) is 9.57. The molecule has 0 aliphatic rings. The third kappa shape index (κ3) is 7.11. The monoisotopic (exact) mass is 437 g/mol. The van der Waals surface area contributed by atoms with Gasteiger partial charge in [0, 0.05) is 6.04 Å². The van der Waals surface area contributed by atoms with Gasteiger partial charge >= 0.3 is 5.97 Å². The fourth-order valence-electron chi connectivity index (χ4n) is 2.86. The molecule has 0 aromatic heterocycles. The Hall–Kier alpha value is -2.45. The molecule has 2 rings (SSSR count). The van der Waals surface area contributed by atoms with E-state index in [4.69, 9.17) is 9.47 Å². The van der Waals surface area contributed by atoms with E-state index in [1.54, 1.807) is 32.9 Å². The van der Waals surface area contributed by atoms with Crippen molar-refractivity contribution in [2.75, 3.05) is 7.11 Å². The highest BCUT2D eigenvalue weighted by Crippen LogP contribution is 2.21. The number of halogens is 1. The van der Waals surface area contributed by atoms with Crippen LogP contribution in [0.15, 0.2) is 47.4 Å². The van der Waals surface area contributed by atoms with Crippen molar-refractivity contribution in [3.8, 4) is 5.75 Å². The number of carbonyl (C=O) groups is 1. The highest BCUT2D eigenvalue weighted by Gasteiger charge is 2.26. The predicted molar refractivity (Wildman–Crippen MR) is 112 cm³/mol. The first-order chi connectivity index (χ1) is 13.9. The third-order valence-electron chi connectivity index (χ3n) is 4.18. The van der Waals surface area contributed by atoms with E-state index in [1.807, 2.05) is 6.92 Å². The number of methoxy groups -OCH3 is 1. The van der Waals surface area contributed by atoms with E-state index in [2.05, 4.69) is 4.72 Å². The van der Waals surface area contributed by atoms with Crippen molar-refractivity contribution in [2.24, 2.45) is 0 Å². The Balaban J connectivity index is 2.28. The molecule has 0 heterocycles. The minimum Gasteiger partial charge on any atom is -0.494 e. The number of ether oxygens (including phenoxy) is 2. The molecule has 0 spiro atoms. The number of benzene rings is 2. The standard InChI is InChI=1S/C22H28FNO5S/c1-15-6-9-18(10-7-15)30(26,27)24-17(14-21(25)29-22(2,3)4)12-16-8-11-19(23)20(13-16)28-5/h6-11,13,17,24H,12,14H2,1-5H3/t17-/m1/s1. The molecule has 6 nitrogen and oxygen atoms in total. The lowest BCUT2D eigenvalue weighted by Gasteiger charge is -2.23. The van der Waals surface area contributed by atoms with E-state index in [0.717, 1.165) is 5.56 Å². The molecule has 30 heavy (non-hydrogen) atoms. The molecular formula is C22H28FNO5S. The SMILES string of the molecule is COc1cc(C[C@H](CC(=O)OC(C)(C)C)NS(=O)(=O)c2ccc(C)cc2)ccc1F. The van der Waals surface area contributed by atoms with Gasteiger partial charge in [0.05, 0.1) is 18.4 Å². The van der Waals surface area contributed by atoms with Gasteiger partial charge in [-0.15, -0.1) is 0 Å². The van der Waals surface area contributed by atoms with Gasteiger partial charge in [0.15, 0.2) is 11.6 Å². The van der Waals surface area contributed by atoms with Crippen LogP contribution in [0, 0.1) is 12.7 Å². The molecule has 0 amide bonds. The van der Waals surface area contributed by atoms with Crippen LogP contribution < -0.4 is 9.46 Å². The number of nitrogens with one attached hydrogen (secondary N) is 1. The Morgan fingerprint density at radius 3 is 2.33 bits per heavy atom.